The lowest BCUT2D eigenvalue weighted by Gasteiger charge is -2.34. The molecule has 134 valence electrons. The monoisotopic (exact) mass is 352 g/mol. The molecule has 0 bridgehead atoms. The third-order valence-electron chi connectivity index (χ3n) is 4.67. The van der Waals surface area contributed by atoms with Gasteiger partial charge in [0.25, 0.3) is 5.89 Å². The number of amides is 1. The van der Waals surface area contributed by atoms with Crippen LogP contribution in [0, 0.1) is 0 Å². The van der Waals surface area contributed by atoms with E-state index in [9.17, 15) is 4.79 Å². The van der Waals surface area contributed by atoms with Gasteiger partial charge in [-0.15, -0.1) is 0 Å². The summed E-state index contributed by atoms with van der Waals surface area (Å²) in [5, 5.41) is 6.91. The van der Waals surface area contributed by atoms with Crippen molar-refractivity contribution in [2.24, 2.45) is 5.73 Å². The summed E-state index contributed by atoms with van der Waals surface area (Å²) >= 11 is 0. The molecule has 1 aliphatic rings. The van der Waals surface area contributed by atoms with E-state index in [0.29, 0.717) is 30.4 Å². The van der Waals surface area contributed by atoms with E-state index < -0.39 is 5.54 Å². The standard InChI is InChI=1S/C18H20N6O2/c19-18(6-2-7-18)17-22-16(26-23-17)13-3-1-4-14(11-13)21-15(25)5-9-24-10-8-20-12-24/h1,3-4,8,10-12H,2,5-7,9,19H2,(H,21,25). The van der Waals surface area contributed by atoms with E-state index >= 15 is 0 Å². The van der Waals surface area contributed by atoms with Gasteiger partial charge in [-0.3, -0.25) is 4.79 Å². The van der Waals surface area contributed by atoms with Gasteiger partial charge >= 0.3 is 0 Å². The summed E-state index contributed by atoms with van der Waals surface area (Å²) < 4.78 is 7.23. The van der Waals surface area contributed by atoms with Crippen molar-refractivity contribution in [3.63, 3.8) is 0 Å². The van der Waals surface area contributed by atoms with Crippen molar-refractivity contribution in [3.05, 3.63) is 48.8 Å². The first-order chi connectivity index (χ1) is 12.6. The van der Waals surface area contributed by atoms with Crippen molar-refractivity contribution in [1.82, 2.24) is 19.7 Å². The highest BCUT2D eigenvalue weighted by molar-refractivity contribution is 5.91. The van der Waals surface area contributed by atoms with Crippen LogP contribution >= 0.6 is 0 Å². The molecule has 8 nitrogen and oxygen atoms in total. The molecule has 1 fully saturated rings. The average molecular weight is 352 g/mol. The van der Waals surface area contributed by atoms with Gasteiger partial charge in [0.05, 0.1) is 11.9 Å². The fourth-order valence-corrected chi connectivity index (χ4v) is 2.93. The Morgan fingerprint density at radius 1 is 1.38 bits per heavy atom. The van der Waals surface area contributed by atoms with Crippen LogP contribution in [-0.4, -0.2) is 25.6 Å². The van der Waals surface area contributed by atoms with Crippen molar-refractivity contribution in [1.29, 1.82) is 0 Å². The number of hydrogen-bond donors (Lipinski definition) is 2. The summed E-state index contributed by atoms with van der Waals surface area (Å²) in [5.74, 6) is 0.886. The van der Waals surface area contributed by atoms with Crippen molar-refractivity contribution in [2.75, 3.05) is 5.32 Å². The van der Waals surface area contributed by atoms with Crippen LogP contribution in [0.3, 0.4) is 0 Å². The number of rotatable bonds is 6. The smallest absolute Gasteiger partial charge is 0.258 e. The van der Waals surface area contributed by atoms with Gasteiger partial charge in [-0.1, -0.05) is 11.2 Å². The minimum Gasteiger partial charge on any atom is -0.337 e. The van der Waals surface area contributed by atoms with E-state index in [1.165, 1.54) is 0 Å². The van der Waals surface area contributed by atoms with Gasteiger partial charge in [0.1, 0.15) is 0 Å². The highest BCUT2D eigenvalue weighted by atomic mass is 16.5. The van der Waals surface area contributed by atoms with Crippen molar-refractivity contribution >= 4 is 11.6 Å². The third kappa shape index (κ3) is 3.36. The molecule has 2 aromatic heterocycles. The summed E-state index contributed by atoms with van der Waals surface area (Å²) in [6, 6.07) is 7.34. The number of aryl methyl sites for hydroxylation is 1. The Hall–Kier alpha value is -3.00. The van der Waals surface area contributed by atoms with Crippen molar-refractivity contribution in [2.45, 2.75) is 37.8 Å². The molecule has 0 spiro atoms. The molecule has 2 heterocycles. The molecule has 26 heavy (non-hydrogen) atoms. The molecule has 1 aromatic carbocycles. The first-order valence-corrected chi connectivity index (χ1v) is 8.61. The molecule has 3 aromatic rings. The average Bonchev–Trinajstić information content (AvgIpc) is 3.30. The van der Waals surface area contributed by atoms with Gasteiger partial charge in [-0.2, -0.15) is 4.98 Å². The minimum atomic E-state index is -0.457. The fraction of sp³-hybridized carbons (Fsp3) is 0.333. The molecule has 0 unspecified atom stereocenters. The molecule has 0 atom stereocenters. The maximum atomic E-state index is 12.1. The zero-order valence-electron chi connectivity index (χ0n) is 14.3. The Morgan fingerprint density at radius 2 is 2.27 bits per heavy atom. The van der Waals surface area contributed by atoms with Crippen LogP contribution in [-0.2, 0) is 16.9 Å². The van der Waals surface area contributed by atoms with Crippen LogP contribution in [0.15, 0.2) is 47.5 Å². The predicted octanol–water partition coefficient (Wildman–Crippen LogP) is 2.30. The zero-order valence-corrected chi connectivity index (χ0v) is 14.3. The number of nitrogens with zero attached hydrogens (tertiary/aromatic N) is 4. The number of carbonyl (C=O) groups excluding carboxylic acids is 1. The lowest BCUT2D eigenvalue weighted by Crippen LogP contribution is -2.44. The second kappa shape index (κ2) is 6.72. The number of benzene rings is 1. The zero-order chi connectivity index (χ0) is 18.0. The highest BCUT2D eigenvalue weighted by Crippen LogP contribution is 2.37. The number of nitrogens with two attached hydrogens (primary N) is 1. The number of aromatic nitrogens is 4. The number of carbonyl (C=O) groups is 1. The molecule has 0 radical (unpaired) electrons. The number of nitrogens with one attached hydrogen (secondary N) is 1. The Morgan fingerprint density at radius 3 is 3.00 bits per heavy atom. The van der Waals surface area contributed by atoms with E-state index in [1.54, 1.807) is 12.5 Å². The number of hydrogen-bond acceptors (Lipinski definition) is 6. The summed E-state index contributed by atoms with van der Waals surface area (Å²) in [6.45, 7) is 0.580. The molecule has 3 N–H and O–H groups in total. The van der Waals surface area contributed by atoms with Gasteiger partial charge in [0.15, 0.2) is 5.82 Å². The van der Waals surface area contributed by atoms with Gasteiger partial charge in [0.2, 0.25) is 5.91 Å². The van der Waals surface area contributed by atoms with Crippen LogP contribution < -0.4 is 11.1 Å². The molecule has 0 aliphatic heterocycles. The second-order valence-corrected chi connectivity index (χ2v) is 6.61. The molecule has 1 saturated carbocycles. The normalized spacial score (nSPS) is 15.4. The Kier molecular flexibility index (Phi) is 4.26. The first kappa shape index (κ1) is 16.5. The highest BCUT2D eigenvalue weighted by Gasteiger charge is 2.39. The SMILES string of the molecule is NC1(c2noc(-c3cccc(NC(=O)CCn4ccnc4)c3)n2)CCC1. The molecule has 0 saturated heterocycles. The van der Waals surface area contributed by atoms with E-state index in [-0.39, 0.29) is 5.91 Å². The molecule has 1 amide bonds. The predicted molar refractivity (Wildman–Crippen MR) is 94.9 cm³/mol. The van der Waals surface area contributed by atoms with Crippen LogP contribution in [0.25, 0.3) is 11.5 Å². The summed E-state index contributed by atoms with van der Waals surface area (Å²) in [5.41, 5.74) is 7.21. The van der Waals surface area contributed by atoms with E-state index in [4.69, 9.17) is 10.3 Å². The molecule has 4 rings (SSSR count). The Balaban J connectivity index is 1.42. The second-order valence-electron chi connectivity index (χ2n) is 6.61. The third-order valence-corrected chi connectivity index (χ3v) is 4.67. The molecule has 8 heteroatoms. The number of imidazole rings is 1. The number of anilines is 1. The van der Waals surface area contributed by atoms with Gasteiger partial charge < -0.3 is 20.1 Å². The van der Waals surface area contributed by atoms with Crippen LogP contribution in [0.2, 0.25) is 0 Å². The molecule has 1 aliphatic carbocycles. The maximum Gasteiger partial charge on any atom is 0.258 e. The lowest BCUT2D eigenvalue weighted by molar-refractivity contribution is -0.116. The van der Waals surface area contributed by atoms with Gasteiger partial charge in [-0.05, 0) is 37.5 Å². The summed E-state index contributed by atoms with van der Waals surface area (Å²) in [7, 11) is 0. The van der Waals surface area contributed by atoms with Gasteiger partial charge in [-0.25, -0.2) is 4.98 Å². The van der Waals surface area contributed by atoms with E-state index in [0.717, 1.165) is 24.8 Å². The quantitative estimate of drug-likeness (QED) is 0.704. The fourth-order valence-electron chi connectivity index (χ4n) is 2.93. The van der Waals surface area contributed by atoms with E-state index in [1.807, 2.05) is 35.0 Å². The molecular weight excluding hydrogens is 332 g/mol. The van der Waals surface area contributed by atoms with Crippen molar-refractivity contribution < 1.29 is 9.32 Å². The maximum absolute atomic E-state index is 12.1. The van der Waals surface area contributed by atoms with E-state index in [2.05, 4.69) is 20.4 Å². The van der Waals surface area contributed by atoms with Crippen LogP contribution in [0.5, 0.6) is 0 Å². The Labute approximate surface area is 150 Å². The molecular formula is C18H20N6O2. The lowest BCUT2D eigenvalue weighted by atomic mass is 9.77. The van der Waals surface area contributed by atoms with Crippen LogP contribution in [0.4, 0.5) is 5.69 Å². The minimum absolute atomic E-state index is 0.0718. The van der Waals surface area contributed by atoms with Crippen LogP contribution in [0.1, 0.15) is 31.5 Å². The summed E-state index contributed by atoms with van der Waals surface area (Å²) in [4.78, 5) is 20.5. The topological polar surface area (TPSA) is 112 Å². The first-order valence-electron chi connectivity index (χ1n) is 8.61. The van der Waals surface area contributed by atoms with Crippen molar-refractivity contribution in [3.8, 4) is 11.5 Å². The van der Waals surface area contributed by atoms with Gasteiger partial charge in [0, 0.05) is 36.6 Å². The Bertz CT molecular complexity index is 898. The summed E-state index contributed by atoms with van der Waals surface area (Å²) in [6.07, 6.45) is 8.40. The largest absolute Gasteiger partial charge is 0.337 e.